The molecule has 8 nitrogen and oxygen atoms in total. The van der Waals surface area contributed by atoms with Gasteiger partial charge in [0.25, 0.3) is 5.89 Å². The largest absolute Gasteiger partial charge is 0.454 e. The van der Waals surface area contributed by atoms with E-state index in [1.807, 2.05) is 4.90 Å². The lowest BCUT2D eigenvalue weighted by atomic mass is 10.0. The van der Waals surface area contributed by atoms with Crippen molar-refractivity contribution >= 4 is 11.9 Å². The van der Waals surface area contributed by atoms with Gasteiger partial charge in [-0.05, 0) is 37.5 Å². The number of hydrogen-bond donors (Lipinski definition) is 0. The summed E-state index contributed by atoms with van der Waals surface area (Å²) in [4.78, 5) is 27.0. The highest BCUT2D eigenvalue weighted by atomic mass is 19.4. The smallest absolute Gasteiger partial charge is 0.416 e. The van der Waals surface area contributed by atoms with Crippen molar-refractivity contribution in [2.75, 3.05) is 11.4 Å². The van der Waals surface area contributed by atoms with Crippen molar-refractivity contribution in [2.45, 2.75) is 38.1 Å². The SMILES string of the molecule is O=C(OCc1nc(-c2ccc(C(F)(F)F)cc2)no1)C1CCCCN1c1ncccn1. The minimum Gasteiger partial charge on any atom is -0.454 e. The Bertz CT molecular complexity index is 1020. The number of aromatic nitrogens is 4. The van der Waals surface area contributed by atoms with E-state index >= 15 is 0 Å². The molecular weight excluding hydrogens is 415 g/mol. The fourth-order valence-corrected chi connectivity index (χ4v) is 3.32. The van der Waals surface area contributed by atoms with Crippen molar-refractivity contribution < 1.29 is 27.2 Å². The van der Waals surface area contributed by atoms with Crippen molar-refractivity contribution in [3.8, 4) is 11.4 Å². The van der Waals surface area contributed by atoms with Crippen LogP contribution in [0.15, 0.2) is 47.2 Å². The average molecular weight is 433 g/mol. The number of rotatable bonds is 5. The highest BCUT2D eigenvalue weighted by Gasteiger charge is 2.32. The molecule has 162 valence electrons. The maximum absolute atomic E-state index is 12.7. The molecule has 1 unspecified atom stereocenters. The average Bonchev–Trinajstić information content (AvgIpc) is 3.27. The van der Waals surface area contributed by atoms with E-state index in [2.05, 4.69) is 20.1 Å². The lowest BCUT2D eigenvalue weighted by molar-refractivity contribution is -0.148. The number of nitrogens with zero attached hydrogens (tertiary/aromatic N) is 5. The molecule has 0 N–H and O–H groups in total. The molecule has 1 atom stereocenters. The highest BCUT2D eigenvalue weighted by Crippen LogP contribution is 2.30. The molecule has 2 aromatic heterocycles. The second kappa shape index (κ2) is 8.70. The fourth-order valence-electron chi connectivity index (χ4n) is 3.32. The molecule has 1 saturated heterocycles. The molecule has 0 aliphatic carbocycles. The number of halogens is 3. The number of esters is 1. The van der Waals surface area contributed by atoms with E-state index in [0.717, 1.165) is 25.0 Å². The molecule has 0 amide bonds. The molecule has 11 heteroatoms. The van der Waals surface area contributed by atoms with Crippen molar-refractivity contribution in [1.82, 2.24) is 20.1 Å². The van der Waals surface area contributed by atoms with Gasteiger partial charge in [-0.2, -0.15) is 18.2 Å². The second-order valence-corrected chi connectivity index (χ2v) is 6.95. The first-order chi connectivity index (χ1) is 14.9. The van der Waals surface area contributed by atoms with Gasteiger partial charge < -0.3 is 14.2 Å². The Hall–Kier alpha value is -3.50. The van der Waals surface area contributed by atoms with Crippen molar-refractivity contribution in [3.05, 3.63) is 54.2 Å². The zero-order chi connectivity index (χ0) is 21.8. The van der Waals surface area contributed by atoms with Crippen LogP contribution in [0.3, 0.4) is 0 Å². The number of piperidine rings is 1. The van der Waals surface area contributed by atoms with E-state index in [9.17, 15) is 18.0 Å². The van der Waals surface area contributed by atoms with Crippen LogP contribution in [0, 0.1) is 0 Å². The molecular formula is C20H18F3N5O3. The van der Waals surface area contributed by atoms with Gasteiger partial charge >= 0.3 is 12.1 Å². The summed E-state index contributed by atoms with van der Waals surface area (Å²) in [6.45, 7) is 0.398. The lowest BCUT2D eigenvalue weighted by Gasteiger charge is -2.33. The normalized spacial score (nSPS) is 16.9. The maximum atomic E-state index is 12.7. The van der Waals surface area contributed by atoms with Gasteiger partial charge in [0.05, 0.1) is 5.56 Å². The van der Waals surface area contributed by atoms with E-state index in [1.54, 1.807) is 18.5 Å². The number of hydrogen-bond acceptors (Lipinski definition) is 8. The third-order valence-corrected chi connectivity index (χ3v) is 4.86. The first-order valence-electron chi connectivity index (χ1n) is 9.62. The van der Waals surface area contributed by atoms with Crippen molar-refractivity contribution in [2.24, 2.45) is 0 Å². The number of benzene rings is 1. The fraction of sp³-hybridized carbons (Fsp3) is 0.350. The summed E-state index contributed by atoms with van der Waals surface area (Å²) in [5.41, 5.74) is -0.415. The first-order valence-corrected chi connectivity index (χ1v) is 9.62. The Morgan fingerprint density at radius 2 is 1.90 bits per heavy atom. The van der Waals surface area contributed by atoms with Crippen LogP contribution in [0.1, 0.15) is 30.7 Å². The molecule has 4 rings (SSSR count). The Labute approximate surface area is 175 Å². The van der Waals surface area contributed by atoms with Gasteiger partial charge in [-0.3, -0.25) is 0 Å². The Morgan fingerprint density at radius 3 is 2.61 bits per heavy atom. The van der Waals surface area contributed by atoms with E-state index in [1.165, 1.54) is 12.1 Å². The minimum atomic E-state index is -4.42. The molecule has 3 heterocycles. The third-order valence-electron chi connectivity index (χ3n) is 4.86. The second-order valence-electron chi connectivity index (χ2n) is 6.95. The van der Waals surface area contributed by atoms with Gasteiger partial charge in [0.2, 0.25) is 11.8 Å². The molecule has 0 spiro atoms. The predicted molar refractivity (Wildman–Crippen MR) is 102 cm³/mol. The van der Waals surface area contributed by atoms with Gasteiger partial charge in [0.1, 0.15) is 6.04 Å². The molecule has 3 aromatic rings. The zero-order valence-corrected chi connectivity index (χ0v) is 16.2. The predicted octanol–water partition coefficient (Wildman–Crippen LogP) is 3.65. The molecule has 1 aliphatic heterocycles. The van der Waals surface area contributed by atoms with Gasteiger partial charge in [0, 0.05) is 24.5 Å². The Kier molecular flexibility index (Phi) is 5.83. The number of anilines is 1. The molecule has 0 radical (unpaired) electrons. The van der Waals surface area contributed by atoms with Gasteiger partial charge in [-0.15, -0.1) is 0 Å². The van der Waals surface area contributed by atoms with Crippen LogP contribution in [0.4, 0.5) is 19.1 Å². The number of carbonyl (C=O) groups is 1. The highest BCUT2D eigenvalue weighted by molar-refractivity contribution is 5.79. The van der Waals surface area contributed by atoms with Crippen LogP contribution in [0.5, 0.6) is 0 Å². The van der Waals surface area contributed by atoms with Crippen molar-refractivity contribution in [3.63, 3.8) is 0 Å². The quantitative estimate of drug-likeness (QED) is 0.563. The van der Waals surface area contributed by atoms with Gasteiger partial charge in [0.15, 0.2) is 6.61 Å². The third kappa shape index (κ3) is 4.81. The Balaban J connectivity index is 1.39. The van der Waals surface area contributed by atoms with E-state index < -0.39 is 23.8 Å². The van der Waals surface area contributed by atoms with Gasteiger partial charge in [-0.1, -0.05) is 17.3 Å². The maximum Gasteiger partial charge on any atom is 0.416 e. The molecule has 1 aliphatic rings. The van der Waals surface area contributed by atoms with Crippen LogP contribution < -0.4 is 4.90 Å². The van der Waals surface area contributed by atoms with E-state index in [4.69, 9.17) is 9.26 Å². The van der Waals surface area contributed by atoms with Crippen LogP contribution in [-0.4, -0.2) is 38.7 Å². The summed E-state index contributed by atoms with van der Waals surface area (Å²) >= 11 is 0. The summed E-state index contributed by atoms with van der Waals surface area (Å²) in [7, 11) is 0. The number of ether oxygens (including phenoxy) is 1. The molecule has 1 aromatic carbocycles. The van der Waals surface area contributed by atoms with Crippen LogP contribution in [-0.2, 0) is 22.3 Å². The number of alkyl halides is 3. The minimum absolute atomic E-state index is 0.0431. The zero-order valence-electron chi connectivity index (χ0n) is 16.2. The lowest BCUT2D eigenvalue weighted by Crippen LogP contribution is -2.46. The molecule has 0 bridgehead atoms. The molecule has 1 fully saturated rings. The van der Waals surface area contributed by atoms with E-state index in [0.29, 0.717) is 24.5 Å². The van der Waals surface area contributed by atoms with Crippen molar-refractivity contribution in [1.29, 1.82) is 0 Å². The number of carbonyl (C=O) groups excluding carboxylic acids is 1. The topological polar surface area (TPSA) is 94.2 Å². The first kappa shape index (κ1) is 20.8. The standard InChI is InChI=1S/C20H18F3N5O3/c21-20(22,23)14-7-5-13(6-8-14)17-26-16(31-27-17)12-30-18(29)15-4-1-2-11-28(15)19-24-9-3-10-25-19/h3,5-10,15H,1-2,4,11-12H2. The summed E-state index contributed by atoms with van der Waals surface area (Å²) in [6.07, 6.45) is 1.20. The van der Waals surface area contributed by atoms with Crippen LogP contribution in [0.2, 0.25) is 0 Å². The van der Waals surface area contributed by atoms with Crippen LogP contribution in [0.25, 0.3) is 11.4 Å². The van der Waals surface area contributed by atoms with Crippen LogP contribution >= 0.6 is 0 Å². The molecule has 0 saturated carbocycles. The molecule has 31 heavy (non-hydrogen) atoms. The summed E-state index contributed by atoms with van der Waals surface area (Å²) in [5, 5.41) is 3.74. The summed E-state index contributed by atoms with van der Waals surface area (Å²) in [6, 6.07) is 5.56. The summed E-state index contributed by atoms with van der Waals surface area (Å²) < 4.78 is 48.5. The monoisotopic (exact) mass is 433 g/mol. The van der Waals surface area contributed by atoms with Gasteiger partial charge in [-0.25, -0.2) is 14.8 Å². The van der Waals surface area contributed by atoms with E-state index in [-0.39, 0.29) is 18.3 Å². The summed E-state index contributed by atoms with van der Waals surface area (Å²) in [5.74, 6) is 0.159. The Morgan fingerprint density at radius 1 is 1.16 bits per heavy atom.